The first kappa shape index (κ1) is 24.4. The Morgan fingerprint density at radius 3 is 1.67 bits per heavy atom. The summed E-state index contributed by atoms with van der Waals surface area (Å²) in [5.74, 6) is -0.714. The van der Waals surface area contributed by atoms with E-state index in [-0.39, 0.29) is 18.2 Å². The highest BCUT2D eigenvalue weighted by molar-refractivity contribution is 5.87. The van der Waals surface area contributed by atoms with Crippen molar-refractivity contribution in [2.75, 3.05) is 6.61 Å². The molecule has 0 aromatic rings. The number of rotatable bonds is 6. The SMILES string of the molecule is CC(=O)C=C(C)C.CCC(=O)O.CCCCOC(=O)CC. The quantitative estimate of drug-likeness (QED) is 0.459. The molecule has 0 aliphatic carbocycles. The van der Waals surface area contributed by atoms with Crippen molar-refractivity contribution in [1.29, 1.82) is 0 Å². The van der Waals surface area contributed by atoms with Crippen LogP contribution in [0.25, 0.3) is 0 Å². The van der Waals surface area contributed by atoms with Crippen LogP contribution in [0.3, 0.4) is 0 Å². The second-order valence-corrected chi connectivity index (χ2v) is 4.51. The Morgan fingerprint density at radius 1 is 1.00 bits per heavy atom. The summed E-state index contributed by atoms with van der Waals surface area (Å²) in [5, 5.41) is 7.72. The molecule has 0 fully saturated rings. The zero-order valence-electron chi connectivity index (χ0n) is 14.2. The molecule has 0 aliphatic rings. The van der Waals surface area contributed by atoms with Gasteiger partial charge < -0.3 is 9.84 Å². The van der Waals surface area contributed by atoms with Gasteiger partial charge in [0.25, 0.3) is 0 Å². The molecule has 0 saturated heterocycles. The fourth-order valence-electron chi connectivity index (χ4n) is 0.839. The van der Waals surface area contributed by atoms with E-state index in [1.807, 2.05) is 13.8 Å². The van der Waals surface area contributed by atoms with E-state index < -0.39 is 5.97 Å². The maximum absolute atomic E-state index is 10.5. The van der Waals surface area contributed by atoms with Crippen LogP contribution in [0.1, 0.15) is 67.2 Å². The first-order valence-corrected chi connectivity index (χ1v) is 7.23. The second kappa shape index (κ2) is 18.4. The van der Waals surface area contributed by atoms with Crippen molar-refractivity contribution >= 4 is 17.7 Å². The summed E-state index contributed by atoms with van der Waals surface area (Å²) < 4.78 is 4.79. The number of carboxylic acid groups (broad SMARTS) is 1. The minimum absolute atomic E-state index is 0.0940. The predicted molar refractivity (Wildman–Crippen MR) is 84.2 cm³/mol. The van der Waals surface area contributed by atoms with Crippen LogP contribution >= 0.6 is 0 Å². The Labute approximate surface area is 128 Å². The monoisotopic (exact) mass is 302 g/mol. The number of allylic oxidation sites excluding steroid dienone is 2. The molecule has 0 unspecified atom stereocenters. The van der Waals surface area contributed by atoms with Crippen molar-refractivity contribution in [2.24, 2.45) is 0 Å². The largest absolute Gasteiger partial charge is 0.481 e. The lowest BCUT2D eigenvalue weighted by molar-refractivity contribution is -0.143. The molecule has 0 aromatic heterocycles. The lowest BCUT2D eigenvalue weighted by atomic mass is 10.3. The van der Waals surface area contributed by atoms with Gasteiger partial charge in [-0.2, -0.15) is 0 Å². The molecule has 124 valence electrons. The van der Waals surface area contributed by atoms with Gasteiger partial charge >= 0.3 is 11.9 Å². The van der Waals surface area contributed by atoms with Crippen LogP contribution in [0.5, 0.6) is 0 Å². The van der Waals surface area contributed by atoms with E-state index in [1.165, 1.54) is 0 Å². The molecule has 0 spiro atoms. The molecule has 0 amide bonds. The predicted octanol–water partition coefficient (Wildman–Crippen LogP) is 3.76. The van der Waals surface area contributed by atoms with Gasteiger partial charge in [-0.05, 0) is 33.3 Å². The van der Waals surface area contributed by atoms with Crippen molar-refractivity contribution in [3.63, 3.8) is 0 Å². The molecule has 0 atom stereocenters. The first-order valence-electron chi connectivity index (χ1n) is 7.23. The highest BCUT2D eigenvalue weighted by Gasteiger charge is 1.94. The van der Waals surface area contributed by atoms with E-state index >= 15 is 0 Å². The number of unbranched alkanes of at least 4 members (excludes halogenated alkanes) is 1. The van der Waals surface area contributed by atoms with E-state index in [9.17, 15) is 14.4 Å². The third-order valence-electron chi connectivity index (χ3n) is 1.84. The van der Waals surface area contributed by atoms with Gasteiger partial charge in [0, 0.05) is 12.8 Å². The highest BCUT2D eigenvalue weighted by atomic mass is 16.5. The summed E-state index contributed by atoms with van der Waals surface area (Å²) in [7, 11) is 0. The molecule has 5 heteroatoms. The van der Waals surface area contributed by atoms with Gasteiger partial charge in [0.05, 0.1) is 6.61 Å². The Morgan fingerprint density at radius 2 is 1.48 bits per heavy atom. The second-order valence-electron chi connectivity index (χ2n) is 4.51. The molecular weight excluding hydrogens is 272 g/mol. The number of carboxylic acids is 1. The third kappa shape index (κ3) is 38.1. The van der Waals surface area contributed by atoms with Gasteiger partial charge in [0.2, 0.25) is 0 Å². The van der Waals surface area contributed by atoms with Gasteiger partial charge in [-0.15, -0.1) is 0 Å². The molecule has 5 nitrogen and oxygen atoms in total. The average molecular weight is 302 g/mol. The maximum Gasteiger partial charge on any atom is 0.305 e. The number of hydrogen-bond acceptors (Lipinski definition) is 4. The van der Waals surface area contributed by atoms with E-state index in [0.717, 1.165) is 18.4 Å². The van der Waals surface area contributed by atoms with Crippen molar-refractivity contribution in [1.82, 2.24) is 0 Å². The topological polar surface area (TPSA) is 80.7 Å². The van der Waals surface area contributed by atoms with E-state index in [4.69, 9.17) is 9.84 Å². The van der Waals surface area contributed by atoms with Crippen LogP contribution in [-0.2, 0) is 19.1 Å². The van der Waals surface area contributed by atoms with Crippen LogP contribution in [-0.4, -0.2) is 29.4 Å². The Balaban J connectivity index is -0.000000242. The van der Waals surface area contributed by atoms with E-state index in [1.54, 1.807) is 26.8 Å². The van der Waals surface area contributed by atoms with Gasteiger partial charge in [-0.3, -0.25) is 14.4 Å². The molecule has 0 aromatic carbocycles. The summed E-state index contributed by atoms with van der Waals surface area (Å²) in [6.07, 6.45) is 4.38. The normalized spacial score (nSPS) is 8.29. The number of esters is 1. The van der Waals surface area contributed by atoms with Gasteiger partial charge in [0.15, 0.2) is 5.78 Å². The number of ketones is 1. The first-order chi connectivity index (χ1) is 9.70. The van der Waals surface area contributed by atoms with E-state index in [0.29, 0.717) is 13.0 Å². The molecule has 0 radical (unpaired) electrons. The average Bonchev–Trinajstić information content (AvgIpc) is 2.38. The summed E-state index contributed by atoms with van der Waals surface area (Å²) in [4.78, 5) is 30.0. The fourth-order valence-corrected chi connectivity index (χ4v) is 0.839. The lowest BCUT2D eigenvalue weighted by Gasteiger charge is -1.99. The third-order valence-corrected chi connectivity index (χ3v) is 1.84. The zero-order valence-corrected chi connectivity index (χ0v) is 14.2. The highest BCUT2D eigenvalue weighted by Crippen LogP contribution is 1.90. The number of carbonyl (C=O) groups is 3. The molecule has 21 heavy (non-hydrogen) atoms. The molecular formula is C16H30O5. The Hall–Kier alpha value is -1.65. The minimum atomic E-state index is -0.745. The smallest absolute Gasteiger partial charge is 0.305 e. The standard InChI is InChI=1S/C7H14O2.C6H10O.C3H6O2/c1-3-5-6-9-7(8)4-2;1-5(2)4-6(3)7;1-2-3(4)5/h3-6H2,1-2H3;4H,1-3H3;2H2,1H3,(H,4,5). The maximum atomic E-state index is 10.5. The molecule has 0 bridgehead atoms. The van der Waals surface area contributed by atoms with Crippen LogP contribution in [0, 0.1) is 0 Å². The van der Waals surface area contributed by atoms with Gasteiger partial charge in [-0.25, -0.2) is 0 Å². The van der Waals surface area contributed by atoms with Crippen molar-refractivity contribution in [2.45, 2.75) is 67.2 Å². The van der Waals surface area contributed by atoms with Crippen molar-refractivity contribution < 1.29 is 24.2 Å². The number of hydrogen-bond donors (Lipinski definition) is 1. The number of carbonyl (C=O) groups excluding carboxylic acids is 2. The molecule has 0 saturated carbocycles. The Bertz CT molecular complexity index is 315. The summed E-state index contributed by atoms with van der Waals surface area (Å²) >= 11 is 0. The Kier molecular flexibility index (Phi) is 21.3. The van der Waals surface area contributed by atoms with Crippen LogP contribution in [0.2, 0.25) is 0 Å². The molecule has 0 heterocycles. The zero-order chi connectivity index (χ0) is 17.3. The number of aliphatic carboxylic acids is 1. The van der Waals surface area contributed by atoms with Crippen molar-refractivity contribution in [3.05, 3.63) is 11.6 Å². The van der Waals surface area contributed by atoms with Gasteiger partial charge in [0.1, 0.15) is 0 Å². The molecule has 1 N–H and O–H groups in total. The number of ether oxygens (including phenoxy) is 1. The summed E-state index contributed by atoms with van der Waals surface area (Å²) in [6.45, 7) is 11.4. The molecule has 0 rings (SSSR count). The van der Waals surface area contributed by atoms with Crippen molar-refractivity contribution in [3.8, 4) is 0 Å². The minimum Gasteiger partial charge on any atom is -0.481 e. The van der Waals surface area contributed by atoms with Gasteiger partial charge in [-0.1, -0.05) is 32.8 Å². The fraction of sp³-hybridized carbons (Fsp3) is 0.688. The molecule has 0 aliphatic heterocycles. The van der Waals surface area contributed by atoms with Crippen LogP contribution < -0.4 is 0 Å². The summed E-state index contributed by atoms with van der Waals surface area (Å²) in [6, 6.07) is 0. The summed E-state index contributed by atoms with van der Waals surface area (Å²) in [5.41, 5.74) is 1.06. The lowest BCUT2D eigenvalue weighted by Crippen LogP contribution is -2.02. The van der Waals surface area contributed by atoms with Crippen LogP contribution in [0.4, 0.5) is 0 Å². The van der Waals surface area contributed by atoms with Crippen LogP contribution in [0.15, 0.2) is 11.6 Å². The van der Waals surface area contributed by atoms with E-state index in [2.05, 4.69) is 6.92 Å².